The third-order valence-corrected chi connectivity index (χ3v) is 1.38. The molecule has 0 bridgehead atoms. The lowest BCUT2D eigenvalue weighted by Crippen LogP contribution is -2.09. The highest BCUT2D eigenvalue weighted by Crippen LogP contribution is 2.11. The van der Waals surface area contributed by atoms with Crippen LogP contribution in [0.15, 0.2) is 17.3 Å². The second-order valence-electron chi connectivity index (χ2n) is 1.94. The van der Waals surface area contributed by atoms with Crippen molar-refractivity contribution in [3.05, 3.63) is 23.0 Å². The van der Waals surface area contributed by atoms with Crippen LogP contribution in [0.3, 0.4) is 0 Å². The molecule has 1 heterocycles. The van der Waals surface area contributed by atoms with Crippen LogP contribution in [0.25, 0.3) is 0 Å². The molecule has 1 aromatic rings. The van der Waals surface area contributed by atoms with Gasteiger partial charge in [-0.3, -0.25) is 9.67 Å². The van der Waals surface area contributed by atoms with E-state index in [9.17, 15) is 0 Å². The Morgan fingerprint density at radius 1 is 1.80 bits per heavy atom. The zero-order valence-electron chi connectivity index (χ0n) is 5.42. The van der Waals surface area contributed by atoms with Crippen molar-refractivity contribution in [1.82, 2.24) is 4.68 Å². The van der Waals surface area contributed by atoms with E-state index in [4.69, 9.17) is 17.4 Å². The van der Waals surface area contributed by atoms with E-state index in [1.165, 1.54) is 4.68 Å². The largest absolute Gasteiger partial charge is 0.339 e. The van der Waals surface area contributed by atoms with Gasteiger partial charge in [0.05, 0.1) is 17.3 Å². The second kappa shape index (κ2) is 2.75. The van der Waals surface area contributed by atoms with Crippen molar-refractivity contribution < 1.29 is 0 Å². The molecule has 0 aliphatic carbocycles. The Balaban J connectivity index is 2.91. The average molecular weight is 158 g/mol. The monoisotopic (exact) mass is 157 g/mol. The molecule has 0 saturated carbocycles. The highest BCUT2D eigenvalue weighted by Gasteiger charge is 1.98. The lowest BCUT2D eigenvalue weighted by Gasteiger charge is -1.95. The Morgan fingerprint density at radius 2 is 2.50 bits per heavy atom. The molecule has 0 fully saturated rings. The molecule has 0 aliphatic rings. The minimum absolute atomic E-state index is 0.503. The number of hydrogen-bond donors (Lipinski definition) is 1. The van der Waals surface area contributed by atoms with E-state index in [2.05, 4.69) is 11.7 Å². The summed E-state index contributed by atoms with van der Waals surface area (Å²) < 4.78 is 1.44. The summed E-state index contributed by atoms with van der Waals surface area (Å²) in [5, 5.41) is 0.626. The minimum Gasteiger partial charge on any atom is -0.339 e. The first-order valence-electron chi connectivity index (χ1n) is 2.78. The van der Waals surface area contributed by atoms with E-state index in [1.807, 2.05) is 0 Å². The highest BCUT2D eigenvalue weighted by atomic mass is 35.5. The van der Waals surface area contributed by atoms with Crippen LogP contribution >= 0.6 is 11.6 Å². The van der Waals surface area contributed by atoms with E-state index in [1.54, 1.807) is 12.3 Å². The summed E-state index contributed by atoms with van der Waals surface area (Å²) in [5.41, 5.74) is 0.861. The van der Waals surface area contributed by atoms with Crippen LogP contribution in [0, 0.1) is 0 Å². The zero-order chi connectivity index (χ0) is 7.56. The summed E-state index contributed by atoms with van der Waals surface area (Å²) in [5.74, 6) is 5.47. The molecule has 0 aliphatic heterocycles. The number of aliphatic imine (C=N–C) groups is 1. The van der Waals surface area contributed by atoms with E-state index >= 15 is 0 Å². The highest BCUT2D eigenvalue weighted by molar-refractivity contribution is 6.30. The van der Waals surface area contributed by atoms with Crippen LogP contribution in [0.1, 0.15) is 5.69 Å². The SMILES string of the molecule is C=NCc1cc(Cl)cn1N. The standard InChI is InChI=1S/C6H8ClN3/c1-9-3-6-2-5(7)4-10(6)8/h2,4H,1,3,8H2. The first-order chi connectivity index (χ1) is 4.74. The van der Waals surface area contributed by atoms with Crippen LogP contribution in [0.4, 0.5) is 0 Å². The molecule has 0 radical (unpaired) electrons. The van der Waals surface area contributed by atoms with Crippen molar-refractivity contribution in [2.24, 2.45) is 4.99 Å². The third-order valence-electron chi connectivity index (χ3n) is 1.17. The van der Waals surface area contributed by atoms with Gasteiger partial charge in [0.2, 0.25) is 0 Å². The lowest BCUT2D eigenvalue weighted by atomic mass is 10.4. The molecule has 0 unspecified atom stereocenters. The summed E-state index contributed by atoms with van der Waals surface area (Å²) in [4.78, 5) is 3.67. The summed E-state index contributed by atoms with van der Waals surface area (Å²) in [6.07, 6.45) is 1.63. The smallest absolute Gasteiger partial charge is 0.0804 e. The summed E-state index contributed by atoms with van der Waals surface area (Å²) >= 11 is 5.64. The Hall–Kier alpha value is -0.960. The molecule has 54 valence electrons. The summed E-state index contributed by atoms with van der Waals surface area (Å²) in [7, 11) is 0. The Morgan fingerprint density at radius 3 is 2.90 bits per heavy atom. The van der Waals surface area contributed by atoms with Gasteiger partial charge < -0.3 is 5.84 Å². The van der Waals surface area contributed by atoms with Gasteiger partial charge in [0, 0.05) is 6.20 Å². The number of hydrogen-bond acceptors (Lipinski definition) is 2. The van der Waals surface area contributed by atoms with Crippen molar-refractivity contribution >= 4 is 18.3 Å². The van der Waals surface area contributed by atoms with E-state index in [0.717, 1.165) is 5.69 Å². The second-order valence-corrected chi connectivity index (χ2v) is 2.38. The summed E-state index contributed by atoms with van der Waals surface area (Å²) in [6.45, 7) is 3.85. The van der Waals surface area contributed by atoms with Gasteiger partial charge in [-0.15, -0.1) is 0 Å². The molecular formula is C6H8ClN3. The van der Waals surface area contributed by atoms with Crippen molar-refractivity contribution in [2.75, 3.05) is 5.84 Å². The van der Waals surface area contributed by atoms with E-state index < -0.39 is 0 Å². The molecule has 0 atom stereocenters. The van der Waals surface area contributed by atoms with Crippen molar-refractivity contribution in [2.45, 2.75) is 6.54 Å². The molecule has 0 spiro atoms. The van der Waals surface area contributed by atoms with Gasteiger partial charge in [-0.1, -0.05) is 11.6 Å². The molecular weight excluding hydrogens is 150 g/mol. The molecule has 1 aromatic heterocycles. The molecule has 2 N–H and O–H groups in total. The molecule has 10 heavy (non-hydrogen) atoms. The van der Waals surface area contributed by atoms with Crippen LogP contribution in [0.5, 0.6) is 0 Å². The average Bonchev–Trinajstić information content (AvgIpc) is 2.13. The number of nitrogens with zero attached hydrogens (tertiary/aromatic N) is 2. The Bertz CT molecular complexity index is 241. The van der Waals surface area contributed by atoms with Gasteiger partial charge in [0.15, 0.2) is 0 Å². The summed E-state index contributed by atoms with van der Waals surface area (Å²) in [6, 6.07) is 1.76. The number of aromatic nitrogens is 1. The van der Waals surface area contributed by atoms with Gasteiger partial charge in [-0.05, 0) is 12.8 Å². The number of nitrogen functional groups attached to an aromatic ring is 1. The molecule has 0 aromatic carbocycles. The fraction of sp³-hybridized carbons (Fsp3) is 0.167. The fourth-order valence-electron chi connectivity index (χ4n) is 0.729. The van der Waals surface area contributed by atoms with Crippen molar-refractivity contribution in [1.29, 1.82) is 0 Å². The first-order valence-corrected chi connectivity index (χ1v) is 3.16. The maximum atomic E-state index is 5.64. The van der Waals surface area contributed by atoms with Crippen LogP contribution in [0.2, 0.25) is 5.02 Å². The Labute approximate surface area is 64.1 Å². The van der Waals surface area contributed by atoms with Gasteiger partial charge in [0.25, 0.3) is 0 Å². The lowest BCUT2D eigenvalue weighted by molar-refractivity contribution is 0.882. The number of nitrogens with two attached hydrogens (primary N) is 1. The van der Waals surface area contributed by atoms with E-state index in [0.29, 0.717) is 11.6 Å². The molecule has 4 heteroatoms. The topological polar surface area (TPSA) is 43.3 Å². The normalized spacial score (nSPS) is 9.70. The van der Waals surface area contributed by atoms with Gasteiger partial charge >= 0.3 is 0 Å². The Kier molecular flexibility index (Phi) is 1.97. The van der Waals surface area contributed by atoms with Crippen LogP contribution < -0.4 is 5.84 Å². The predicted octanol–water partition coefficient (Wildman–Crippen LogP) is 1.06. The maximum absolute atomic E-state index is 5.64. The molecule has 3 nitrogen and oxygen atoms in total. The van der Waals surface area contributed by atoms with Crippen LogP contribution in [-0.4, -0.2) is 11.4 Å². The quantitative estimate of drug-likeness (QED) is 0.506. The fourth-order valence-corrected chi connectivity index (χ4v) is 0.960. The van der Waals surface area contributed by atoms with Crippen LogP contribution in [-0.2, 0) is 6.54 Å². The van der Waals surface area contributed by atoms with E-state index in [-0.39, 0.29) is 0 Å². The third kappa shape index (κ3) is 1.30. The molecule has 1 rings (SSSR count). The van der Waals surface area contributed by atoms with Gasteiger partial charge in [0.1, 0.15) is 0 Å². The maximum Gasteiger partial charge on any atom is 0.0804 e. The van der Waals surface area contributed by atoms with Crippen molar-refractivity contribution in [3.63, 3.8) is 0 Å². The first kappa shape index (κ1) is 7.15. The van der Waals surface area contributed by atoms with Gasteiger partial charge in [-0.2, -0.15) is 0 Å². The molecule has 0 amide bonds. The zero-order valence-corrected chi connectivity index (χ0v) is 6.17. The van der Waals surface area contributed by atoms with Gasteiger partial charge in [-0.25, -0.2) is 0 Å². The predicted molar refractivity (Wildman–Crippen MR) is 42.8 cm³/mol. The molecule has 0 saturated heterocycles. The number of halogens is 1. The minimum atomic E-state index is 0.503. The number of rotatable bonds is 2. The van der Waals surface area contributed by atoms with Crippen molar-refractivity contribution in [3.8, 4) is 0 Å².